The number of nitrogens with zero attached hydrogens (tertiary/aromatic N) is 3. The zero-order valence-corrected chi connectivity index (χ0v) is 16.7. The van der Waals surface area contributed by atoms with Crippen LogP contribution < -0.4 is 0 Å². The SMILES string of the molecule is O=C(c1ccn(-c2cccc(Cl)c2)n1)N1CC=C(c2c[nH]c3cc(F)ccc23)CC1. The van der Waals surface area contributed by atoms with Crippen LogP contribution in [0.4, 0.5) is 4.39 Å². The van der Waals surface area contributed by atoms with Crippen molar-refractivity contribution in [3.05, 3.63) is 89.1 Å². The fraction of sp³-hybridized carbons (Fsp3) is 0.130. The smallest absolute Gasteiger partial charge is 0.274 e. The van der Waals surface area contributed by atoms with Crippen molar-refractivity contribution < 1.29 is 9.18 Å². The molecular formula is C23H18ClFN4O. The van der Waals surface area contributed by atoms with Gasteiger partial charge in [0.25, 0.3) is 5.91 Å². The summed E-state index contributed by atoms with van der Waals surface area (Å²) in [6, 6.07) is 13.8. The Morgan fingerprint density at radius 1 is 1.17 bits per heavy atom. The lowest BCUT2D eigenvalue weighted by molar-refractivity contribution is 0.0766. The molecule has 0 spiro atoms. The number of halogens is 2. The number of hydrogen-bond donors (Lipinski definition) is 1. The van der Waals surface area contributed by atoms with Crippen molar-refractivity contribution in [2.75, 3.05) is 13.1 Å². The average Bonchev–Trinajstić information content (AvgIpc) is 3.41. The van der Waals surface area contributed by atoms with Gasteiger partial charge in [0.2, 0.25) is 0 Å². The van der Waals surface area contributed by atoms with Crippen LogP contribution in [0.3, 0.4) is 0 Å². The summed E-state index contributed by atoms with van der Waals surface area (Å²) in [5.74, 6) is -0.366. The molecule has 5 rings (SSSR count). The minimum absolute atomic E-state index is 0.105. The van der Waals surface area contributed by atoms with Gasteiger partial charge in [-0.3, -0.25) is 4.79 Å². The van der Waals surface area contributed by atoms with Crippen LogP contribution in [0.2, 0.25) is 5.02 Å². The third-order valence-corrected chi connectivity index (χ3v) is 5.60. The van der Waals surface area contributed by atoms with Crippen molar-refractivity contribution >= 4 is 34.0 Å². The number of H-pyrrole nitrogens is 1. The highest BCUT2D eigenvalue weighted by atomic mass is 35.5. The van der Waals surface area contributed by atoms with Gasteiger partial charge >= 0.3 is 0 Å². The maximum atomic E-state index is 13.4. The molecular weight excluding hydrogens is 403 g/mol. The molecule has 0 radical (unpaired) electrons. The predicted octanol–water partition coefficient (Wildman–Crippen LogP) is 5.08. The molecule has 0 saturated heterocycles. The molecule has 7 heteroatoms. The summed E-state index contributed by atoms with van der Waals surface area (Å²) < 4.78 is 15.1. The maximum Gasteiger partial charge on any atom is 0.274 e. The Hall–Kier alpha value is -3.38. The van der Waals surface area contributed by atoms with Crippen molar-refractivity contribution in [1.29, 1.82) is 0 Å². The molecule has 150 valence electrons. The number of rotatable bonds is 3. The van der Waals surface area contributed by atoms with Gasteiger partial charge in [0.15, 0.2) is 5.69 Å². The summed E-state index contributed by atoms with van der Waals surface area (Å²) in [4.78, 5) is 17.8. The van der Waals surface area contributed by atoms with E-state index in [1.165, 1.54) is 12.1 Å². The molecule has 0 unspecified atom stereocenters. The van der Waals surface area contributed by atoms with E-state index in [1.807, 2.05) is 18.3 Å². The molecule has 1 amide bonds. The first-order valence-corrected chi connectivity index (χ1v) is 10.0. The first kappa shape index (κ1) is 18.6. The van der Waals surface area contributed by atoms with E-state index >= 15 is 0 Å². The molecule has 1 N–H and O–H groups in total. The van der Waals surface area contributed by atoms with Gasteiger partial charge in [-0.05, 0) is 54.5 Å². The van der Waals surface area contributed by atoms with Crippen molar-refractivity contribution in [3.8, 4) is 5.69 Å². The highest BCUT2D eigenvalue weighted by Crippen LogP contribution is 2.30. The van der Waals surface area contributed by atoms with Gasteiger partial charge in [0.1, 0.15) is 5.82 Å². The van der Waals surface area contributed by atoms with Gasteiger partial charge in [-0.1, -0.05) is 23.7 Å². The van der Waals surface area contributed by atoms with Gasteiger partial charge < -0.3 is 9.88 Å². The van der Waals surface area contributed by atoms with Crippen LogP contribution in [-0.4, -0.2) is 38.7 Å². The molecule has 3 heterocycles. The van der Waals surface area contributed by atoms with Crippen LogP contribution in [0.15, 0.2) is 67.0 Å². The summed E-state index contributed by atoms with van der Waals surface area (Å²) in [5, 5.41) is 6.02. The number of amides is 1. The van der Waals surface area contributed by atoms with E-state index < -0.39 is 0 Å². The first-order valence-electron chi connectivity index (χ1n) is 9.65. The molecule has 0 bridgehead atoms. The summed E-state index contributed by atoms with van der Waals surface area (Å²) in [5.41, 5.74) is 4.19. The summed E-state index contributed by atoms with van der Waals surface area (Å²) in [7, 11) is 0. The fourth-order valence-electron chi connectivity index (χ4n) is 3.82. The topological polar surface area (TPSA) is 53.9 Å². The average molecular weight is 421 g/mol. The van der Waals surface area contributed by atoms with E-state index in [9.17, 15) is 9.18 Å². The Bertz CT molecular complexity index is 1290. The third kappa shape index (κ3) is 3.39. The molecule has 5 nitrogen and oxygen atoms in total. The Morgan fingerprint density at radius 3 is 2.87 bits per heavy atom. The first-order chi connectivity index (χ1) is 14.6. The molecule has 30 heavy (non-hydrogen) atoms. The van der Waals surface area contributed by atoms with E-state index in [0.717, 1.165) is 34.1 Å². The number of carbonyl (C=O) groups is 1. The molecule has 0 saturated carbocycles. The Labute approximate surface area is 177 Å². The number of fused-ring (bicyclic) bond motifs is 1. The second kappa shape index (κ2) is 7.46. The van der Waals surface area contributed by atoms with Gasteiger partial charge in [-0.25, -0.2) is 9.07 Å². The van der Waals surface area contributed by atoms with Gasteiger partial charge in [-0.2, -0.15) is 5.10 Å². The van der Waals surface area contributed by atoms with E-state index in [4.69, 9.17) is 11.6 Å². The van der Waals surface area contributed by atoms with Crippen LogP contribution >= 0.6 is 11.6 Å². The number of aromatic amines is 1. The molecule has 2 aromatic carbocycles. The van der Waals surface area contributed by atoms with E-state index in [2.05, 4.69) is 16.2 Å². The second-order valence-electron chi connectivity index (χ2n) is 7.25. The Morgan fingerprint density at radius 2 is 2.07 bits per heavy atom. The van der Waals surface area contributed by atoms with Gasteiger partial charge in [0.05, 0.1) is 5.69 Å². The zero-order chi connectivity index (χ0) is 20.7. The number of carbonyl (C=O) groups excluding carboxylic acids is 1. The largest absolute Gasteiger partial charge is 0.360 e. The summed E-state index contributed by atoms with van der Waals surface area (Å²) in [6.07, 6.45) is 6.45. The minimum Gasteiger partial charge on any atom is -0.360 e. The van der Waals surface area contributed by atoms with E-state index in [1.54, 1.807) is 40.0 Å². The standard InChI is InChI=1S/C23H18ClFN4O/c24-16-2-1-3-18(12-16)29-11-8-21(27-29)23(30)28-9-6-15(7-10-28)20-14-26-22-13-17(25)4-5-19(20)22/h1-6,8,11-14,26H,7,9-10H2. The number of aromatic nitrogens is 3. The predicted molar refractivity (Wildman–Crippen MR) is 115 cm³/mol. The second-order valence-corrected chi connectivity index (χ2v) is 7.68. The lowest BCUT2D eigenvalue weighted by Crippen LogP contribution is -2.35. The highest BCUT2D eigenvalue weighted by molar-refractivity contribution is 6.30. The summed E-state index contributed by atoms with van der Waals surface area (Å²) in [6.45, 7) is 1.11. The van der Waals surface area contributed by atoms with Crippen LogP contribution in [0.25, 0.3) is 22.2 Å². The molecule has 1 aliphatic heterocycles. The quantitative estimate of drug-likeness (QED) is 0.502. The summed E-state index contributed by atoms with van der Waals surface area (Å²) >= 11 is 6.04. The Balaban J connectivity index is 1.33. The lowest BCUT2D eigenvalue weighted by Gasteiger charge is -2.25. The minimum atomic E-state index is -0.262. The number of benzene rings is 2. The van der Waals surface area contributed by atoms with Crippen LogP contribution in [0, 0.1) is 5.82 Å². The molecule has 0 atom stereocenters. The zero-order valence-electron chi connectivity index (χ0n) is 16.0. The van der Waals surface area contributed by atoms with E-state index in [-0.39, 0.29) is 11.7 Å². The monoisotopic (exact) mass is 420 g/mol. The van der Waals surface area contributed by atoms with Gasteiger partial charge in [0, 0.05) is 47.0 Å². The number of nitrogens with one attached hydrogen (secondary N) is 1. The molecule has 2 aromatic heterocycles. The van der Waals surface area contributed by atoms with Crippen LogP contribution in [-0.2, 0) is 0 Å². The van der Waals surface area contributed by atoms with Crippen LogP contribution in [0.1, 0.15) is 22.5 Å². The normalized spacial score (nSPS) is 14.2. The molecule has 4 aromatic rings. The fourth-order valence-corrected chi connectivity index (χ4v) is 4.01. The molecule has 0 fully saturated rings. The van der Waals surface area contributed by atoms with Crippen LogP contribution in [0.5, 0.6) is 0 Å². The maximum absolute atomic E-state index is 13.4. The third-order valence-electron chi connectivity index (χ3n) is 5.37. The van der Waals surface area contributed by atoms with Gasteiger partial charge in [-0.15, -0.1) is 0 Å². The highest BCUT2D eigenvalue weighted by Gasteiger charge is 2.22. The van der Waals surface area contributed by atoms with Crippen molar-refractivity contribution in [2.45, 2.75) is 6.42 Å². The number of hydrogen-bond acceptors (Lipinski definition) is 2. The van der Waals surface area contributed by atoms with E-state index in [0.29, 0.717) is 23.8 Å². The molecule has 0 aliphatic carbocycles. The Kier molecular flexibility index (Phi) is 4.64. The van der Waals surface area contributed by atoms with Crippen molar-refractivity contribution in [1.82, 2.24) is 19.7 Å². The van der Waals surface area contributed by atoms with Crippen molar-refractivity contribution in [3.63, 3.8) is 0 Å². The van der Waals surface area contributed by atoms with Crippen molar-refractivity contribution in [2.24, 2.45) is 0 Å². The molecule has 1 aliphatic rings. The lowest BCUT2D eigenvalue weighted by atomic mass is 9.99.